The molecule has 1 radical (unpaired) electrons. The van der Waals surface area contributed by atoms with Crippen LogP contribution >= 0.6 is 0 Å². The van der Waals surface area contributed by atoms with Crippen LogP contribution in [0.1, 0.15) is 79.1 Å². The largest absolute Gasteiger partial charge is 1.00 e. The molecule has 0 unspecified atom stereocenters. The number of unbranched alkanes of at least 4 members (excludes halogenated alkanes) is 4. The molecular formula is C28H43BrN3Se. The van der Waals surface area contributed by atoms with E-state index in [1.165, 1.54) is 109 Å². The first-order chi connectivity index (χ1) is 15.7. The summed E-state index contributed by atoms with van der Waals surface area (Å²) in [4.78, 5) is 5.21. The van der Waals surface area contributed by atoms with Crippen LogP contribution < -0.4 is 41.0 Å². The topological polar surface area (TPSA) is 18.5 Å². The Balaban J connectivity index is 0.00000385. The van der Waals surface area contributed by atoms with Crippen LogP contribution in [-0.2, 0) is 0 Å². The number of halogens is 1. The number of hydrogen-bond acceptors (Lipinski definition) is 3. The molecule has 1 N–H and O–H groups in total. The van der Waals surface area contributed by atoms with Crippen molar-refractivity contribution in [2.45, 2.75) is 79.1 Å². The maximum absolute atomic E-state index is 3.72. The molecule has 0 amide bonds. The van der Waals surface area contributed by atoms with Gasteiger partial charge in [-0.3, -0.25) is 0 Å². The summed E-state index contributed by atoms with van der Waals surface area (Å²) in [7, 11) is 0. The third-order valence-electron chi connectivity index (χ3n) is 6.28. The fourth-order valence-corrected chi connectivity index (χ4v) is 6.40. The van der Waals surface area contributed by atoms with E-state index in [0.29, 0.717) is 15.0 Å². The molecule has 0 aliphatic carbocycles. The molecule has 2 aromatic rings. The second-order valence-corrected chi connectivity index (χ2v) is 11.3. The fourth-order valence-electron chi connectivity index (χ4n) is 4.19. The monoisotopic (exact) mass is 580 g/mol. The first kappa shape index (κ1) is 28.1. The van der Waals surface area contributed by atoms with Gasteiger partial charge in [0.2, 0.25) is 0 Å². The van der Waals surface area contributed by atoms with Crippen molar-refractivity contribution in [3.05, 3.63) is 36.4 Å². The standard InChI is InChI=1S/C28H43N3Se.BrH/c1-5-9-17-30(18-10-6-2)23-13-15-25-27(21-23)32-28-22-24(14-16-26(28)29-25)31(19-11-7-3)20-12-8-4;/h13-16,21-22,29H,5-12,17-20H2,1-4H3;1H/q+1;/p-1. The van der Waals surface area contributed by atoms with E-state index >= 15 is 0 Å². The Morgan fingerprint density at radius 3 is 1.30 bits per heavy atom. The maximum atomic E-state index is 3.72. The minimum Gasteiger partial charge on any atom is -1.00 e. The quantitative estimate of drug-likeness (QED) is 0.296. The van der Waals surface area contributed by atoms with E-state index in [0.717, 1.165) is 0 Å². The van der Waals surface area contributed by atoms with Crippen molar-refractivity contribution in [3.63, 3.8) is 0 Å². The molecule has 183 valence electrons. The summed E-state index contributed by atoms with van der Waals surface area (Å²) < 4.78 is 2.98. The number of nitrogens with one attached hydrogen (secondary N) is 1. The fraction of sp³-hybridized carbons (Fsp3) is 0.571. The average Bonchev–Trinajstić information content (AvgIpc) is 2.82. The Kier molecular flexibility index (Phi) is 12.7. The van der Waals surface area contributed by atoms with Gasteiger partial charge in [0.25, 0.3) is 0 Å². The zero-order valence-corrected chi connectivity index (χ0v) is 24.4. The van der Waals surface area contributed by atoms with Gasteiger partial charge < -0.3 is 17.0 Å². The van der Waals surface area contributed by atoms with Crippen LogP contribution in [0.4, 0.5) is 22.7 Å². The zero-order chi connectivity index (χ0) is 22.8. The van der Waals surface area contributed by atoms with Crippen LogP contribution in [0.3, 0.4) is 0 Å². The van der Waals surface area contributed by atoms with Crippen molar-refractivity contribution in [3.8, 4) is 0 Å². The first-order valence-corrected chi connectivity index (χ1v) is 14.6. The summed E-state index contributed by atoms with van der Waals surface area (Å²) in [6, 6.07) is 14.2. The number of hydrogen-bond donors (Lipinski definition) is 1. The van der Waals surface area contributed by atoms with Crippen LogP contribution in [0.25, 0.3) is 0 Å². The van der Waals surface area contributed by atoms with Gasteiger partial charge in [0, 0.05) is 0 Å². The van der Waals surface area contributed by atoms with Gasteiger partial charge in [-0.15, -0.1) is 0 Å². The number of rotatable bonds is 14. The SMILES string of the molecule is CCCCN(CCCC)c1ccc2c(c1)[Se+]c1cc(N(CCCC)CCCC)ccc1N2.[Br-]. The first-order valence-electron chi connectivity index (χ1n) is 12.9. The molecular weight excluding hydrogens is 537 g/mol. The second kappa shape index (κ2) is 15.0. The maximum Gasteiger partial charge on any atom is -1.00 e. The van der Waals surface area contributed by atoms with E-state index < -0.39 is 0 Å². The van der Waals surface area contributed by atoms with Crippen LogP contribution in [0.2, 0.25) is 0 Å². The summed E-state index contributed by atoms with van der Waals surface area (Å²) >= 11 is 0.338. The van der Waals surface area contributed by atoms with Crippen molar-refractivity contribution in [2.75, 3.05) is 41.3 Å². The Labute approximate surface area is 219 Å². The molecule has 2 aromatic carbocycles. The summed E-state index contributed by atoms with van der Waals surface area (Å²) in [5, 5.41) is 3.72. The average molecular weight is 581 g/mol. The minimum atomic E-state index is 0. The molecule has 0 atom stereocenters. The molecule has 33 heavy (non-hydrogen) atoms. The molecule has 0 fully saturated rings. The molecule has 1 aliphatic rings. The summed E-state index contributed by atoms with van der Waals surface area (Å²) in [6.45, 7) is 13.8. The molecule has 0 spiro atoms. The molecule has 1 aliphatic heterocycles. The van der Waals surface area contributed by atoms with Crippen molar-refractivity contribution < 1.29 is 17.0 Å². The van der Waals surface area contributed by atoms with Crippen molar-refractivity contribution in [1.29, 1.82) is 0 Å². The normalized spacial score (nSPS) is 11.8. The second-order valence-electron chi connectivity index (χ2n) is 8.98. The van der Waals surface area contributed by atoms with Gasteiger partial charge >= 0.3 is 203 Å². The molecule has 3 nitrogen and oxygen atoms in total. The third-order valence-corrected chi connectivity index (χ3v) is 8.62. The van der Waals surface area contributed by atoms with E-state index in [1.807, 2.05) is 0 Å². The number of anilines is 4. The Bertz CT molecular complexity index is 758. The predicted molar refractivity (Wildman–Crippen MR) is 145 cm³/mol. The van der Waals surface area contributed by atoms with Crippen LogP contribution in [0, 0.1) is 0 Å². The van der Waals surface area contributed by atoms with Gasteiger partial charge in [-0.25, -0.2) is 0 Å². The predicted octanol–water partition coefficient (Wildman–Crippen LogP) is 3.22. The summed E-state index contributed by atoms with van der Waals surface area (Å²) in [6.07, 6.45) is 10.1. The van der Waals surface area contributed by atoms with Crippen molar-refractivity contribution >= 4 is 46.6 Å². The molecule has 5 heteroatoms. The van der Waals surface area contributed by atoms with E-state index in [-0.39, 0.29) is 17.0 Å². The van der Waals surface area contributed by atoms with Crippen LogP contribution in [0.5, 0.6) is 0 Å². The van der Waals surface area contributed by atoms with Crippen molar-refractivity contribution in [1.82, 2.24) is 0 Å². The molecule has 0 saturated heterocycles. The van der Waals surface area contributed by atoms with Gasteiger partial charge in [-0.1, -0.05) is 0 Å². The number of fused-ring (bicyclic) bond motifs is 2. The van der Waals surface area contributed by atoms with Crippen LogP contribution in [-0.4, -0.2) is 41.1 Å². The van der Waals surface area contributed by atoms with Gasteiger partial charge in [0.05, 0.1) is 0 Å². The molecule has 0 bridgehead atoms. The Morgan fingerprint density at radius 1 is 0.606 bits per heavy atom. The summed E-state index contributed by atoms with van der Waals surface area (Å²) in [5.41, 5.74) is 5.41. The Morgan fingerprint density at radius 2 is 0.970 bits per heavy atom. The van der Waals surface area contributed by atoms with Crippen LogP contribution in [0.15, 0.2) is 36.4 Å². The zero-order valence-electron chi connectivity index (χ0n) is 21.1. The van der Waals surface area contributed by atoms with Gasteiger partial charge in [-0.2, -0.15) is 0 Å². The van der Waals surface area contributed by atoms with Gasteiger partial charge in [0.15, 0.2) is 0 Å². The van der Waals surface area contributed by atoms with Gasteiger partial charge in [-0.05, 0) is 0 Å². The third kappa shape index (κ3) is 7.94. The van der Waals surface area contributed by atoms with Crippen molar-refractivity contribution in [2.24, 2.45) is 0 Å². The molecule has 0 saturated carbocycles. The van der Waals surface area contributed by atoms with Gasteiger partial charge in [0.1, 0.15) is 0 Å². The smallest absolute Gasteiger partial charge is 1.00 e. The Hall–Kier alpha value is -1.16. The van der Waals surface area contributed by atoms with E-state index in [1.54, 1.807) is 0 Å². The van der Waals surface area contributed by atoms with E-state index in [2.05, 4.69) is 79.2 Å². The minimum absolute atomic E-state index is 0. The van der Waals surface area contributed by atoms with E-state index in [4.69, 9.17) is 0 Å². The summed E-state index contributed by atoms with van der Waals surface area (Å²) in [5.74, 6) is 0. The molecule has 0 aromatic heterocycles. The number of benzene rings is 2. The molecule has 1 heterocycles. The number of nitrogens with zero attached hydrogens (tertiary/aromatic N) is 2. The van der Waals surface area contributed by atoms with E-state index in [9.17, 15) is 0 Å². The molecule has 3 rings (SSSR count).